The van der Waals surface area contributed by atoms with Gasteiger partial charge in [0.2, 0.25) is 0 Å². The molecule has 1 aliphatic carbocycles. The molecule has 1 N–H and O–H groups in total. The molecule has 2 nitrogen and oxygen atoms in total. The van der Waals surface area contributed by atoms with E-state index in [1.165, 1.54) is 12.8 Å². The van der Waals surface area contributed by atoms with Crippen molar-refractivity contribution < 1.29 is 5.11 Å². The number of nitrogens with zero attached hydrogens (tertiary/aromatic N) is 1. The summed E-state index contributed by atoms with van der Waals surface area (Å²) >= 11 is 3.40. The Morgan fingerprint density at radius 1 is 1.47 bits per heavy atom. The van der Waals surface area contributed by atoms with Crippen molar-refractivity contribution in [3.8, 4) is 0 Å². The molecule has 0 aliphatic heterocycles. The molecule has 19 heavy (non-hydrogen) atoms. The lowest BCUT2D eigenvalue weighted by atomic mass is 9.73. The molecule has 1 heterocycles. The molecule has 1 saturated carbocycles. The van der Waals surface area contributed by atoms with E-state index in [-0.39, 0.29) is 0 Å². The van der Waals surface area contributed by atoms with Crippen LogP contribution in [0.1, 0.15) is 51.6 Å². The van der Waals surface area contributed by atoms with Gasteiger partial charge in [0.05, 0.1) is 5.60 Å². The van der Waals surface area contributed by atoms with Crippen molar-refractivity contribution in [2.75, 3.05) is 0 Å². The Morgan fingerprint density at radius 3 is 2.89 bits per heavy atom. The lowest BCUT2D eigenvalue weighted by Crippen LogP contribution is -2.38. The van der Waals surface area contributed by atoms with Gasteiger partial charge in [0, 0.05) is 22.8 Å². The molecular weight excluding hydrogens is 302 g/mol. The second-order valence-corrected chi connectivity index (χ2v) is 7.38. The number of rotatable bonds is 4. The Bertz CT molecular complexity index is 404. The highest BCUT2D eigenvalue weighted by molar-refractivity contribution is 9.10. The molecule has 0 spiro atoms. The third-order valence-electron chi connectivity index (χ3n) is 4.03. The first kappa shape index (κ1) is 15.0. The van der Waals surface area contributed by atoms with E-state index in [0.29, 0.717) is 12.3 Å². The molecule has 1 aliphatic rings. The minimum Gasteiger partial charge on any atom is -0.389 e. The minimum absolute atomic E-state index is 0.543. The monoisotopic (exact) mass is 325 g/mol. The number of pyridine rings is 1. The van der Waals surface area contributed by atoms with Crippen LogP contribution in [0.5, 0.6) is 0 Å². The summed E-state index contributed by atoms with van der Waals surface area (Å²) in [6, 6.07) is 4.01. The fourth-order valence-electron chi connectivity index (χ4n) is 3.34. The zero-order chi connectivity index (χ0) is 13.9. The smallest absolute Gasteiger partial charge is 0.0705 e. The van der Waals surface area contributed by atoms with Gasteiger partial charge in [-0.05, 0) is 59.2 Å². The summed E-state index contributed by atoms with van der Waals surface area (Å²) in [6.07, 6.45) is 8.00. The largest absolute Gasteiger partial charge is 0.389 e. The second-order valence-electron chi connectivity index (χ2n) is 6.46. The Morgan fingerprint density at radius 2 is 2.26 bits per heavy atom. The molecule has 0 aromatic carbocycles. The number of hydrogen-bond acceptors (Lipinski definition) is 2. The zero-order valence-electron chi connectivity index (χ0n) is 11.9. The Labute approximate surface area is 124 Å². The van der Waals surface area contributed by atoms with E-state index in [4.69, 9.17) is 0 Å². The van der Waals surface area contributed by atoms with E-state index < -0.39 is 5.60 Å². The second kappa shape index (κ2) is 6.36. The van der Waals surface area contributed by atoms with Crippen LogP contribution in [0.2, 0.25) is 0 Å². The number of hydrogen-bond donors (Lipinski definition) is 1. The third-order valence-corrected chi connectivity index (χ3v) is 4.50. The van der Waals surface area contributed by atoms with Crippen LogP contribution in [0.25, 0.3) is 0 Å². The molecule has 0 amide bonds. The first-order chi connectivity index (χ1) is 8.97. The first-order valence-electron chi connectivity index (χ1n) is 7.30. The van der Waals surface area contributed by atoms with Gasteiger partial charge in [-0.2, -0.15) is 0 Å². The molecule has 0 saturated heterocycles. The summed E-state index contributed by atoms with van der Waals surface area (Å²) < 4.78 is 0.990. The van der Waals surface area contributed by atoms with Crippen molar-refractivity contribution in [3.05, 3.63) is 28.5 Å². The zero-order valence-corrected chi connectivity index (χ0v) is 13.5. The van der Waals surface area contributed by atoms with Crippen LogP contribution in [-0.4, -0.2) is 15.7 Å². The average Bonchev–Trinajstić information content (AvgIpc) is 2.31. The lowest BCUT2D eigenvalue weighted by Gasteiger charge is -2.37. The van der Waals surface area contributed by atoms with Crippen LogP contribution in [0.15, 0.2) is 22.8 Å². The van der Waals surface area contributed by atoms with Gasteiger partial charge in [-0.1, -0.05) is 26.7 Å². The first-order valence-corrected chi connectivity index (χ1v) is 8.09. The van der Waals surface area contributed by atoms with Gasteiger partial charge in [-0.25, -0.2) is 0 Å². The molecule has 1 aromatic heterocycles. The van der Waals surface area contributed by atoms with Crippen molar-refractivity contribution in [3.63, 3.8) is 0 Å². The molecule has 106 valence electrons. The van der Waals surface area contributed by atoms with Gasteiger partial charge in [0.25, 0.3) is 0 Å². The summed E-state index contributed by atoms with van der Waals surface area (Å²) in [5, 5.41) is 10.8. The van der Waals surface area contributed by atoms with Crippen molar-refractivity contribution >= 4 is 15.9 Å². The van der Waals surface area contributed by atoms with Crippen molar-refractivity contribution in [1.29, 1.82) is 0 Å². The molecule has 1 aromatic rings. The maximum Gasteiger partial charge on any atom is 0.0705 e. The quantitative estimate of drug-likeness (QED) is 0.892. The van der Waals surface area contributed by atoms with Crippen molar-refractivity contribution in [1.82, 2.24) is 4.98 Å². The number of halogens is 1. The topological polar surface area (TPSA) is 33.1 Å². The number of aliphatic hydroxyl groups is 1. The maximum atomic E-state index is 10.8. The molecule has 2 atom stereocenters. The minimum atomic E-state index is -0.543. The van der Waals surface area contributed by atoms with E-state index >= 15 is 0 Å². The van der Waals surface area contributed by atoms with Gasteiger partial charge >= 0.3 is 0 Å². The SMILES string of the molecule is CC(C)CC1CCCC(O)(Cc2ccc(Br)cn2)C1. The van der Waals surface area contributed by atoms with Crippen molar-refractivity contribution in [2.24, 2.45) is 11.8 Å². The molecule has 2 rings (SSSR count). The van der Waals surface area contributed by atoms with Crippen LogP contribution in [-0.2, 0) is 6.42 Å². The van der Waals surface area contributed by atoms with Crippen molar-refractivity contribution in [2.45, 2.75) is 58.0 Å². The van der Waals surface area contributed by atoms with E-state index in [9.17, 15) is 5.11 Å². The van der Waals surface area contributed by atoms with E-state index in [1.54, 1.807) is 0 Å². The van der Waals surface area contributed by atoms with E-state index in [1.807, 2.05) is 18.3 Å². The third kappa shape index (κ3) is 4.57. The van der Waals surface area contributed by atoms with Crippen LogP contribution in [0.3, 0.4) is 0 Å². The lowest BCUT2D eigenvalue weighted by molar-refractivity contribution is -0.0196. The van der Waals surface area contributed by atoms with Crippen LogP contribution >= 0.6 is 15.9 Å². The van der Waals surface area contributed by atoms with Gasteiger partial charge in [-0.15, -0.1) is 0 Å². The highest BCUT2D eigenvalue weighted by Crippen LogP contribution is 2.37. The summed E-state index contributed by atoms with van der Waals surface area (Å²) in [7, 11) is 0. The molecule has 0 bridgehead atoms. The molecule has 2 unspecified atom stereocenters. The Balaban J connectivity index is 1.99. The predicted octanol–water partition coefficient (Wildman–Crippen LogP) is 4.35. The van der Waals surface area contributed by atoms with Gasteiger partial charge in [0.1, 0.15) is 0 Å². The van der Waals surface area contributed by atoms with E-state index in [2.05, 4.69) is 34.8 Å². The summed E-state index contributed by atoms with van der Waals surface area (Å²) in [4.78, 5) is 4.40. The van der Waals surface area contributed by atoms with Gasteiger partial charge in [0.15, 0.2) is 0 Å². The van der Waals surface area contributed by atoms with Crippen LogP contribution in [0.4, 0.5) is 0 Å². The highest BCUT2D eigenvalue weighted by atomic mass is 79.9. The molecular formula is C16H24BrNO. The summed E-state index contributed by atoms with van der Waals surface area (Å²) in [5.74, 6) is 1.40. The standard InChI is InChI=1S/C16H24BrNO/c1-12(2)8-13-4-3-7-16(19,9-13)10-15-6-5-14(17)11-18-15/h5-6,11-13,19H,3-4,7-10H2,1-2H3. The summed E-state index contributed by atoms with van der Waals surface area (Å²) in [6.45, 7) is 4.54. The average molecular weight is 326 g/mol. The Hall–Kier alpha value is -0.410. The molecule has 0 radical (unpaired) electrons. The summed E-state index contributed by atoms with van der Waals surface area (Å²) in [5.41, 5.74) is 0.453. The fourth-order valence-corrected chi connectivity index (χ4v) is 3.57. The maximum absolute atomic E-state index is 10.8. The van der Waals surface area contributed by atoms with Crippen LogP contribution in [0, 0.1) is 11.8 Å². The highest BCUT2D eigenvalue weighted by Gasteiger charge is 2.34. The van der Waals surface area contributed by atoms with Crippen LogP contribution < -0.4 is 0 Å². The Kier molecular flexibility index (Phi) is 5.02. The fraction of sp³-hybridized carbons (Fsp3) is 0.688. The molecule has 1 fully saturated rings. The normalized spacial score (nSPS) is 27.7. The van der Waals surface area contributed by atoms with E-state index in [0.717, 1.165) is 35.3 Å². The van der Waals surface area contributed by atoms with Gasteiger partial charge in [-0.3, -0.25) is 4.98 Å². The molecule has 3 heteroatoms. The predicted molar refractivity (Wildman–Crippen MR) is 82.0 cm³/mol. The number of aromatic nitrogens is 1. The van der Waals surface area contributed by atoms with Gasteiger partial charge < -0.3 is 5.11 Å².